The molecule has 10 nitrogen and oxygen atoms in total. The van der Waals surface area contributed by atoms with Crippen LogP contribution < -0.4 is 10.1 Å². The first-order valence-corrected chi connectivity index (χ1v) is 14.2. The van der Waals surface area contributed by atoms with Gasteiger partial charge in [0.2, 0.25) is 0 Å². The first kappa shape index (κ1) is 29.0. The van der Waals surface area contributed by atoms with E-state index in [0.29, 0.717) is 33.8 Å². The first-order valence-electron chi connectivity index (χ1n) is 13.3. The van der Waals surface area contributed by atoms with Crippen LogP contribution in [0.2, 0.25) is 0 Å². The molecule has 1 aliphatic rings. The molecule has 4 heterocycles. The van der Waals surface area contributed by atoms with Crippen molar-refractivity contribution < 1.29 is 19.1 Å². The van der Waals surface area contributed by atoms with E-state index in [2.05, 4.69) is 32.4 Å². The van der Waals surface area contributed by atoms with Crippen molar-refractivity contribution in [3.8, 4) is 11.5 Å². The minimum absolute atomic E-state index is 0.163. The van der Waals surface area contributed by atoms with Gasteiger partial charge in [-0.1, -0.05) is 6.92 Å². The molecule has 1 atom stereocenters. The van der Waals surface area contributed by atoms with Crippen molar-refractivity contribution in [2.75, 3.05) is 18.4 Å². The normalized spacial score (nSPS) is 15.2. The molecule has 0 bridgehead atoms. The van der Waals surface area contributed by atoms with Crippen molar-refractivity contribution in [2.45, 2.75) is 60.0 Å². The van der Waals surface area contributed by atoms with Gasteiger partial charge in [0.05, 0.1) is 11.1 Å². The van der Waals surface area contributed by atoms with Gasteiger partial charge in [-0.3, -0.25) is 15.2 Å². The number of nitrogens with zero attached hydrogens (tertiary/aromatic N) is 4. The maximum Gasteiger partial charge on any atom is 0.410 e. The lowest BCUT2D eigenvalue weighted by Crippen LogP contribution is -2.42. The molecule has 0 aliphatic carbocycles. The number of fused-ring (bicyclic) bond motifs is 1. The Morgan fingerprint density at radius 1 is 1.15 bits per heavy atom. The Bertz CT molecular complexity index is 1460. The first-order chi connectivity index (χ1) is 19.0. The van der Waals surface area contributed by atoms with E-state index >= 15 is 0 Å². The molecule has 0 radical (unpaired) electrons. The number of ether oxygens (including phenoxy) is 2. The molecule has 5 rings (SSSR count). The lowest BCUT2D eigenvalue weighted by molar-refractivity contribution is 0.0174. The third kappa shape index (κ3) is 7.78. The van der Waals surface area contributed by atoms with E-state index in [-0.39, 0.29) is 17.6 Å². The van der Waals surface area contributed by atoms with Gasteiger partial charge in [0.15, 0.2) is 10.8 Å². The number of hydrogen-bond donors (Lipinski definition) is 2. The van der Waals surface area contributed by atoms with E-state index in [0.717, 1.165) is 36.3 Å². The van der Waals surface area contributed by atoms with E-state index in [4.69, 9.17) is 9.47 Å². The van der Waals surface area contributed by atoms with E-state index in [1.165, 1.54) is 17.8 Å². The summed E-state index contributed by atoms with van der Waals surface area (Å²) in [7, 11) is 0. The smallest absolute Gasteiger partial charge is 0.410 e. The third-order valence-electron chi connectivity index (χ3n) is 6.09. The molecule has 40 heavy (non-hydrogen) atoms. The summed E-state index contributed by atoms with van der Waals surface area (Å²) in [5.74, 6) is 1.69. The lowest BCUT2D eigenvalue weighted by Gasteiger charge is -2.32. The van der Waals surface area contributed by atoms with Gasteiger partial charge in [-0.15, -0.1) is 11.3 Å². The molecule has 212 valence electrons. The molecule has 1 unspecified atom stereocenters. The highest BCUT2D eigenvalue weighted by atomic mass is 32.1. The van der Waals surface area contributed by atoms with E-state index < -0.39 is 0 Å². The summed E-state index contributed by atoms with van der Waals surface area (Å²) in [6.45, 7) is 13.4. The molecule has 0 spiro atoms. The lowest BCUT2D eigenvalue weighted by atomic mass is 10.0. The van der Waals surface area contributed by atoms with Crippen LogP contribution in [0, 0.1) is 19.8 Å². The van der Waals surface area contributed by atoms with E-state index in [1.54, 1.807) is 36.5 Å². The van der Waals surface area contributed by atoms with Crippen LogP contribution in [-0.4, -0.2) is 55.8 Å². The fourth-order valence-corrected chi connectivity index (χ4v) is 4.90. The monoisotopic (exact) mass is 564 g/mol. The maximum absolute atomic E-state index is 12.3. The molecule has 1 aliphatic heterocycles. The third-order valence-corrected chi connectivity index (χ3v) is 6.97. The number of piperidine rings is 1. The Hall–Kier alpha value is -3.99. The maximum atomic E-state index is 12.3. The second-order valence-electron chi connectivity index (χ2n) is 10.9. The summed E-state index contributed by atoms with van der Waals surface area (Å²) >= 11 is 1.40. The topological polar surface area (TPSA) is 122 Å². The number of H-pyrrole nitrogens is 1. The molecule has 3 aromatic heterocycles. The number of nitrogens with one attached hydrogen (secondary N) is 2. The molecule has 1 aromatic carbocycles. The number of anilines is 1. The number of aromatic amines is 1. The van der Waals surface area contributed by atoms with Gasteiger partial charge in [0.25, 0.3) is 5.91 Å². The number of benzene rings is 1. The van der Waals surface area contributed by atoms with Crippen molar-refractivity contribution in [2.24, 2.45) is 5.92 Å². The van der Waals surface area contributed by atoms with Crippen molar-refractivity contribution in [1.82, 2.24) is 25.1 Å². The number of aromatic nitrogens is 4. The Kier molecular flexibility index (Phi) is 9.03. The Morgan fingerprint density at radius 2 is 1.90 bits per heavy atom. The fourth-order valence-electron chi connectivity index (χ4n) is 4.21. The largest absolute Gasteiger partial charge is 0.456 e. The summed E-state index contributed by atoms with van der Waals surface area (Å²) in [5, 5.41) is 13.1. The van der Waals surface area contributed by atoms with Crippen LogP contribution in [0.25, 0.3) is 11.0 Å². The van der Waals surface area contributed by atoms with Gasteiger partial charge >= 0.3 is 6.09 Å². The second kappa shape index (κ2) is 12.5. The number of aryl methyl sites for hydroxylation is 2. The predicted octanol–water partition coefficient (Wildman–Crippen LogP) is 6.73. The summed E-state index contributed by atoms with van der Waals surface area (Å²) in [4.78, 5) is 34.2. The van der Waals surface area contributed by atoms with Crippen LogP contribution >= 0.6 is 11.3 Å². The molecule has 1 fully saturated rings. The van der Waals surface area contributed by atoms with Crippen molar-refractivity contribution >= 4 is 39.5 Å². The molecule has 0 saturated carbocycles. The van der Waals surface area contributed by atoms with Crippen LogP contribution in [0.3, 0.4) is 0 Å². The van der Waals surface area contributed by atoms with Crippen molar-refractivity contribution in [3.05, 3.63) is 58.9 Å². The number of thiazole rings is 1. The van der Waals surface area contributed by atoms with Gasteiger partial charge in [-0.25, -0.2) is 14.8 Å². The zero-order valence-electron chi connectivity index (χ0n) is 23.8. The van der Waals surface area contributed by atoms with E-state index in [1.807, 2.05) is 44.9 Å². The number of pyridine rings is 1. The SMILES string of the molecule is CC1CCCN(C(=O)OC(C)(C)C)C1.Cc1csc(NC(=O)c2ccc(Oc3ccnc4n[nH]c(C)c34)cc2)n1. The molecule has 2 amide bonds. The number of rotatable bonds is 4. The number of hydrogen-bond acceptors (Lipinski definition) is 8. The Labute approximate surface area is 238 Å². The molecular formula is C29H36N6O4S. The molecule has 11 heteroatoms. The molecular weight excluding hydrogens is 528 g/mol. The highest BCUT2D eigenvalue weighted by molar-refractivity contribution is 7.13. The van der Waals surface area contributed by atoms with Crippen LogP contribution in [0.1, 0.15) is 62.3 Å². The summed E-state index contributed by atoms with van der Waals surface area (Å²) in [6, 6.07) is 8.72. The quantitative estimate of drug-likeness (QED) is 0.282. The van der Waals surface area contributed by atoms with Crippen LogP contribution in [-0.2, 0) is 4.74 Å². The minimum atomic E-state index is -0.377. The van der Waals surface area contributed by atoms with Gasteiger partial charge in [-0.05, 0) is 83.7 Å². The summed E-state index contributed by atoms with van der Waals surface area (Å²) in [5.41, 5.74) is 2.53. The number of carbonyl (C=O) groups is 2. The van der Waals surface area contributed by atoms with E-state index in [9.17, 15) is 9.59 Å². The van der Waals surface area contributed by atoms with Gasteiger partial charge in [0, 0.05) is 35.9 Å². The average Bonchev–Trinajstić information content (AvgIpc) is 3.49. The predicted molar refractivity (Wildman–Crippen MR) is 156 cm³/mol. The molecule has 4 aromatic rings. The minimum Gasteiger partial charge on any atom is -0.456 e. The fraction of sp³-hybridized carbons (Fsp3) is 0.414. The Morgan fingerprint density at radius 3 is 2.55 bits per heavy atom. The number of likely N-dealkylation sites (tertiary alicyclic amines) is 1. The second-order valence-corrected chi connectivity index (χ2v) is 11.8. The van der Waals surface area contributed by atoms with Crippen molar-refractivity contribution in [3.63, 3.8) is 0 Å². The standard InChI is InChI=1S/C18H15N5O2S.C11H21NO2/c1-10-9-26-18(20-10)21-17(24)12-3-5-13(6-4-12)25-14-7-8-19-16-15(14)11(2)22-23-16;1-9-6-5-7-12(8-9)10(13)14-11(2,3)4/h3-9H,1-2H3,(H,19,22,23)(H,20,21,24);9H,5-8H2,1-4H3. The number of amides is 2. The molecule has 1 saturated heterocycles. The van der Waals surface area contributed by atoms with Gasteiger partial charge in [-0.2, -0.15) is 5.10 Å². The van der Waals surface area contributed by atoms with Crippen molar-refractivity contribution in [1.29, 1.82) is 0 Å². The van der Waals surface area contributed by atoms with Gasteiger partial charge < -0.3 is 14.4 Å². The average molecular weight is 565 g/mol. The highest BCUT2D eigenvalue weighted by Gasteiger charge is 2.25. The zero-order chi connectivity index (χ0) is 28.9. The summed E-state index contributed by atoms with van der Waals surface area (Å²) < 4.78 is 11.3. The van der Waals surface area contributed by atoms with Crippen LogP contribution in [0.15, 0.2) is 41.9 Å². The van der Waals surface area contributed by atoms with Crippen LogP contribution in [0.5, 0.6) is 11.5 Å². The Balaban J connectivity index is 0.000000224. The summed E-state index contributed by atoms with van der Waals surface area (Å²) in [6.07, 6.45) is 3.80. The number of carbonyl (C=O) groups excluding carboxylic acids is 2. The van der Waals surface area contributed by atoms with Crippen LogP contribution in [0.4, 0.5) is 9.93 Å². The molecule has 2 N–H and O–H groups in total. The highest BCUT2D eigenvalue weighted by Crippen LogP contribution is 2.30. The zero-order valence-corrected chi connectivity index (χ0v) is 24.6. The van der Waals surface area contributed by atoms with Gasteiger partial charge in [0.1, 0.15) is 17.1 Å².